The Hall–Kier alpha value is -0.0400. The summed E-state index contributed by atoms with van der Waals surface area (Å²) in [6.07, 6.45) is 8.08. The summed E-state index contributed by atoms with van der Waals surface area (Å²) < 4.78 is 0. The van der Waals surface area contributed by atoms with Crippen LogP contribution < -0.4 is 5.73 Å². The Labute approximate surface area is 83.1 Å². The Bertz CT molecular complexity index is 147. The molecule has 0 heterocycles. The molecule has 0 amide bonds. The Balaban J connectivity index is 2.62. The van der Waals surface area contributed by atoms with Gasteiger partial charge in [0.1, 0.15) is 0 Å². The van der Waals surface area contributed by atoms with Crippen molar-refractivity contribution in [2.75, 3.05) is 0 Å². The fourth-order valence-electron chi connectivity index (χ4n) is 2.81. The molecule has 1 rings (SSSR count). The zero-order chi connectivity index (χ0) is 9.90. The van der Waals surface area contributed by atoms with Gasteiger partial charge in [-0.2, -0.15) is 0 Å². The van der Waals surface area contributed by atoms with Gasteiger partial charge in [0.2, 0.25) is 0 Å². The van der Waals surface area contributed by atoms with Crippen LogP contribution in [0.15, 0.2) is 0 Å². The predicted octanol–water partition coefficient (Wildman–Crippen LogP) is 3.33. The molecule has 0 radical (unpaired) electrons. The van der Waals surface area contributed by atoms with Gasteiger partial charge in [0, 0.05) is 5.54 Å². The summed E-state index contributed by atoms with van der Waals surface area (Å²) in [7, 11) is 0. The van der Waals surface area contributed by atoms with Crippen molar-refractivity contribution in [3.8, 4) is 0 Å². The van der Waals surface area contributed by atoms with Crippen molar-refractivity contribution in [2.24, 2.45) is 17.6 Å². The molecule has 1 atom stereocenters. The van der Waals surface area contributed by atoms with Crippen LogP contribution >= 0.6 is 0 Å². The molecule has 1 unspecified atom stereocenters. The van der Waals surface area contributed by atoms with Crippen LogP contribution in [0.3, 0.4) is 0 Å². The third kappa shape index (κ3) is 2.25. The molecule has 1 aliphatic carbocycles. The number of hydrogen-bond acceptors (Lipinski definition) is 1. The molecule has 0 bridgehead atoms. The van der Waals surface area contributed by atoms with Crippen molar-refractivity contribution in [1.29, 1.82) is 0 Å². The minimum absolute atomic E-state index is 0.112. The summed E-state index contributed by atoms with van der Waals surface area (Å²) >= 11 is 0. The maximum atomic E-state index is 6.51. The molecule has 2 N–H and O–H groups in total. The first-order chi connectivity index (χ1) is 6.11. The molecule has 0 spiro atoms. The number of rotatable bonds is 3. The fourth-order valence-corrected chi connectivity index (χ4v) is 2.81. The standard InChI is InChI=1S/C12H25N/c1-4-12(13,10(2)3)11-8-6-5-7-9-11/h10-11H,4-9,13H2,1-3H3. The zero-order valence-electron chi connectivity index (χ0n) is 9.47. The highest BCUT2D eigenvalue weighted by Crippen LogP contribution is 2.37. The topological polar surface area (TPSA) is 26.0 Å². The average molecular weight is 183 g/mol. The highest BCUT2D eigenvalue weighted by atomic mass is 14.8. The number of hydrogen-bond donors (Lipinski definition) is 1. The summed E-state index contributed by atoms with van der Waals surface area (Å²) in [4.78, 5) is 0. The van der Waals surface area contributed by atoms with Gasteiger partial charge in [0.05, 0.1) is 0 Å². The van der Waals surface area contributed by atoms with Crippen LogP contribution in [0.1, 0.15) is 59.3 Å². The van der Waals surface area contributed by atoms with Crippen LogP contribution in [0.4, 0.5) is 0 Å². The molecule has 0 aromatic rings. The van der Waals surface area contributed by atoms with E-state index >= 15 is 0 Å². The Morgan fingerprint density at radius 1 is 1.23 bits per heavy atom. The quantitative estimate of drug-likeness (QED) is 0.713. The van der Waals surface area contributed by atoms with Crippen molar-refractivity contribution in [2.45, 2.75) is 64.8 Å². The van der Waals surface area contributed by atoms with Crippen LogP contribution in [0.2, 0.25) is 0 Å². The van der Waals surface area contributed by atoms with Gasteiger partial charge in [-0.05, 0) is 31.1 Å². The first-order valence-electron chi connectivity index (χ1n) is 5.90. The van der Waals surface area contributed by atoms with E-state index in [2.05, 4.69) is 20.8 Å². The van der Waals surface area contributed by atoms with E-state index in [1.54, 1.807) is 0 Å². The molecule has 1 heteroatoms. The molecule has 0 saturated heterocycles. The van der Waals surface area contributed by atoms with Crippen molar-refractivity contribution >= 4 is 0 Å². The molecule has 0 aromatic heterocycles. The van der Waals surface area contributed by atoms with Gasteiger partial charge < -0.3 is 5.73 Å². The molecule has 78 valence electrons. The maximum absolute atomic E-state index is 6.51. The maximum Gasteiger partial charge on any atom is 0.0203 e. The summed E-state index contributed by atoms with van der Waals surface area (Å²) in [6, 6.07) is 0. The van der Waals surface area contributed by atoms with Crippen LogP contribution in [0.25, 0.3) is 0 Å². The molecule has 1 nitrogen and oxygen atoms in total. The molecule has 0 aromatic carbocycles. The van der Waals surface area contributed by atoms with Crippen LogP contribution in [0, 0.1) is 11.8 Å². The lowest BCUT2D eigenvalue weighted by molar-refractivity contribution is 0.146. The third-order valence-corrected chi connectivity index (χ3v) is 4.05. The second-order valence-corrected chi connectivity index (χ2v) is 4.96. The van der Waals surface area contributed by atoms with Gasteiger partial charge in [-0.25, -0.2) is 0 Å². The SMILES string of the molecule is CCC(N)(C(C)C)C1CCCCC1. The lowest BCUT2D eigenvalue weighted by atomic mass is 9.68. The van der Waals surface area contributed by atoms with E-state index in [1.807, 2.05) is 0 Å². The largest absolute Gasteiger partial charge is 0.325 e. The third-order valence-electron chi connectivity index (χ3n) is 4.05. The first kappa shape index (κ1) is 11.0. The second kappa shape index (κ2) is 4.45. The molecular formula is C12H25N. The first-order valence-corrected chi connectivity index (χ1v) is 5.90. The van der Waals surface area contributed by atoms with Gasteiger partial charge in [-0.3, -0.25) is 0 Å². The molecule has 13 heavy (non-hydrogen) atoms. The Morgan fingerprint density at radius 3 is 2.15 bits per heavy atom. The van der Waals surface area contributed by atoms with Crippen LogP contribution in [-0.4, -0.2) is 5.54 Å². The highest BCUT2D eigenvalue weighted by molar-refractivity contribution is 4.93. The fraction of sp³-hybridized carbons (Fsp3) is 1.00. The lowest BCUT2D eigenvalue weighted by Crippen LogP contribution is -2.51. The molecule has 1 fully saturated rings. The summed E-state index contributed by atoms with van der Waals surface area (Å²) in [5.74, 6) is 1.41. The zero-order valence-corrected chi connectivity index (χ0v) is 9.47. The molecule has 0 aliphatic heterocycles. The van der Waals surface area contributed by atoms with E-state index in [0.717, 1.165) is 12.3 Å². The molecule has 1 aliphatic rings. The van der Waals surface area contributed by atoms with Crippen molar-refractivity contribution in [3.05, 3.63) is 0 Å². The van der Waals surface area contributed by atoms with Crippen LogP contribution in [-0.2, 0) is 0 Å². The van der Waals surface area contributed by atoms with E-state index in [0.29, 0.717) is 5.92 Å². The van der Waals surface area contributed by atoms with E-state index in [1.165, 1.54) is 32.1 Å². The average Bonchev–Trinajstić information content (AvgIpc) is 2.17. The normalized spacial score (nSPS) is 24.7. The number of nitrogens with two attached hydrogens (primary N) is 1. The monoisotopic (exact) mass is 183 g/mol. The van der Waals surface area contributed by atoms with Gasteiger partial charge >= 0.3 is 0 Å². The second-order valence-electron chi connectivity index (χ2n) is 4.96. The van der Waals surface area contributed by atoms with E-state index < -0.39 is 0 Å². The predicted molar refractivity (Wildman–Crippen MR) is 58.6 cm³/mol. The van der Waals surface area contributed by atoms with Crippen molar-refractivity contribution in [1.82, 2.24) is 0 Å². The van der Waals surface area contributed by atoms with Gasteiger partial charge in [0.15, 0.2) is 0 Å². The highest BCUT2D eigenvalue weighted by Gasteiger charge is 2.36. The Kier molecular flexibility index (Phi) is 3.78. The minimum atomic E-state index is 0.112. The van der Waals surface area contributed by atoms with Gasteiger partial charge in [0.25, 0.3) is 0 Å². The lowest BCUT2D eigenvalue weighted by Gasteiger charge is -2.42. The summed E-state index contributed by atoms with van der Waals surface area (Å²) in [6.45, 7) is 6.80. The molecule has 1 saturated carbocycles. The van der Waals surface area contributed by atoms with Gasteiger partial charge in [-0.15, -0.1) is 0 Å². The molecular weight excluding hydrogens is 158 g/mol. The smallest absolute Gasteiger partial charge is 0.0203 e. The summed E-state index contributed by atoms with van der Waals surface area (Å²) in [5.41, 5.74) is 6.63. The van der Waals surface area contributed by atoms with E-state index in [-0.39, 0.29) is 5.54 Å². The summed E-state index contributed by atoms with van der Waals surface area (Å²) in [5, 5.41) is 0. The van der Waals surface area contributed by atoms with Crippen LogP contribution in [0.5, 0.6) is 0 Å². The Morgan fingerprint density at radius 2 is 1.77 bits per heavy atom. The van der Waals surface area contributed by atoms with Crippen molar-refractivity contribution < 1.29 is 0 Å². The van der Waals surface area contributed by atoms with E-state index in [4.69, 9.17) is 5.73 Å². The van der Waals surface area contributed by atoms with E-state index in [9.17, 15) is 0 Å². The van der Waals surface area contributed by atoms with Crippen molar-refractivity contribution in [3.63, 3.8) is 0 Å². The minimum Gasteiger partial charge on any atom is -0.325 e. The van der Waals surface area contributed by atoms with Gasteiger partial charge in [-0.1, -0.05) is 40.0 Å².